The first-order valence-electron chi connectivity index (χ1n) is 10.1. The van der Waals surface area contributed by atoms with Crippen LogP contribution in [-0.2, 0) is 21.4 Å². The van der Waals surface area contributed by atoms with Crippen molar-refractivity contribution in [1.29, 1.82) is 0 Å². The molecule has 150 valence electrons. The molecule has 3 heterocycles. The zero-order valence-electron chi connectivity index (χ0n) is 16.3. The minimum absolute atomic E-state index is 0.0733. The summed E-state index contributed by atoms with van der Waals surface area (Å²) in [4.78, 5) is 19.4. The lowest BCUT2D eigenvalue weighted by Gasteiger charge is -2.40. The summed E-state index contributed by atoms with van der Waals surface area (Å²) in [5, 5.41) is 0. The van der Waals surface area contributed by atoms with Crippen LogP contribution in [-0.4, -0.2) is 42.1 Å². The SMILES string of the molecule is CC1(c2ncc(Cc3cccc(F)c3)o2)CCCN(C(=O)C2CCOCC2)C1. The molecule has 1 aromatic heterocycles. The van der Waals surface area contributed by atoms with Crippen LogP contribution in [0.2, 0.25) is 0 Å². The number of oxazole rings is 1. The summed E-state index contributed by atoms with van der Waals surface area (Å²) < 4.78 is 24.8. The van der Waals surface area contributed by atoms with Gasteiger partial charge in [-0.25, -0.2) is 9.37 Å². The van der Waals surface area contributed by atoms with Crippen LogP contribution in [0.15, 0.2) is 34.9 Å². The third-order valence-corrected chi connectivity index (χ3v) is 5.92. The predicted molar refractivity (Wildman–Crippen MR) is 102 cm³/mol. The number of carbonyl (C=O) groups is 1. The molecule has 28 heavy (non-hydrogen) atoms. The maximum atomic E-state index is 13.4. The summed E-state index contributed by atoms with van der Waals surface area (Å²) in [5.41, 5.74) is 0.562. The molecule has 6 heteroatoms. The van der Waals surface area contributed by atoms with E-state index in [9.17, 15) is 9.18 Å². The van der Waals surface area contributed by atoms with E-state index in [4.69, 9.17) is 9.15 Å². The van der Waals surface area contributed by atoms with Crippen LogP contribution in [0.3, 0.4) is 0 Å². The summed E-state index contributed by atoms with van der Waals surface area (Å²) in [5.74, 6) is 1.45. The van der Waals surface area contributed by atoms with E-state index in [0.29, 0.717) is 32.1 Å². The summed E-state index contributed by atoms with van der Waals surface area (Å²) in [6.07, 6.45) is 5.72. The minimum atomic E-state index is -0.292. The van der Waals surface area contributed by atoms with Crippen LogP contribution in [0.4, 0.5) is 4.39 Å². The molecule has 0 saturated carbocycles. The number of amides is 1. The van der Waals surface area contributed by atoms with Gasteiger partial charge in [0.15, 0.2) is 0 Å². The van der Waals surface area contributed by atoms with Crippen LogP contribution in [0.25, 0.3) is 0 Å². The van der Waals surface area contributed by atoms with E-state index >= 15 is 0 Å². The smallest absolute Gasteiger partial charge is 0.225 e. The average molecular weight is 386 g/mol. The Morgan fingerprint density at radius 1 is 1.36 bits per heavy atom. The molecule has 2 aromatic rings. The molecule has 0 N–H and O–H groups in total. The molecular formula is C22H27FN2O3. The van der Waals surface area contributed by atoms with Crippen LogP contribution in [0.1, 0.15) is 49.8 Å². The highest BCUT2D eigenvalue weighted by Gasteiger charge is 2.40. The molecule has 2 fully saturated rings. The van der Waals surface area contributed by atoms with Gasteiger partial charge < -0.3 is 14.1 Å². The van der Waals surface area contributed by atoms with Crippen molar-refractivity contribution >= 4 is 5.91 Å². The van der Waals surface area contributed by atoms with Gasteiger partial charge in [0.2, 0.25) is 11.8 Å². The molecule has 1 unspecified atom stereocenters. The van der Waals surface area contributed by atoms with Gasteiger partial charge in [0, 0.05) is 38.6 Å². The van der Waals surface area contributed by atoms with Crippen molar-refractivity contribution in [3.05, 3.63) is 53.5 Å². The van der Waals surface area contributed by atoms with Crippen molar-refractivity contribution < 1.29 is 18.3 Å². The molecule has 0 radical (unpaired) electrons. The number of ether oxygens (including phenoxy) is 1. The number of nitrogens with zero attached hydrogens (tertiary/aromatic N) is 2. The maximum absolute atomic E-state index is 13.4. The second-order valence-electron chi connectivity index (χ2n) is 8.25. The third-order valence-electron chi connectivity index (χ3n) is 5.92. The Hall–Kier alpha value is -2.21. The number of rotatable bonds is 4. The van der Waals surface area contributed by atoms with Crippen LogP contribution < -0.4 is 0 Å². The van der Waals surface area contributed by atoms with Crippen molar-refractivity contribution in [3.63, 3.8) is 0 Å². The lowest BCUT2D eigenvalue weighted by Crippen LogP contribution is -2.49. The number of piperidine rings is 1. The van der Waals surface area contributed by atoms with Crippen molar-refractivity contribution in [1.82, 2.24) is 9.88 Å². The first-order chi connectivity index (χ1) is 13.5. The van der Waals surface area contributed by atoms with Gasteiger partial charge in [0.1, 0.15) is 11.6 Å². The van der Waals surface area contributed by atoms with Gasteiger partial charge in [-0.15, -0.1) is 0 Å². The van der Waals surface area contributed by atoms with Gasteiger partial charge in [0.05, 0.1) is 11.6 Å². The highest BCUT2D eigenvalue weighted by atomic mass is 19.1. The fourth-order valence-electron chi connectivity index (χ4n) is 4.32. The Bertz CT molecular complexity index is 831. The standard InChI is InChI=1S/C22H27FN2O3/c1-22(8-3-9-25(15-22)20(26)17-6-10-27-11-7-17)21-24-14-19(28-21)13-16-4-2-5-18(23)12-16/h2,4-5,12,14,17H,3,6-11,13,15H2,1H3. The maximum Gasteiger partial charge on any atom is 0.225 e. The van der Waals surface area contributed by atoms with Crippen LogP contribution in [0, 0.1) is 11.7 Å². The van der Waals surface area contributed by atoms with Gasteiger partial charge in [-0.1, -0.05) is 12.1 Å². The molecule has 5 nitrogen and oxygen atoms in total. The molecule has 2 aliphatic heterocycles. The van der Waals surface area contributed by atoms with E-state index in [2.05, 4.69) is 11.9 Å². The van der Waals surface area contributed by atoms with E-state index in [1.165, 1.54) is 12.1 Å². The Kier molecular flexibility index (Phi) is 5.49. The summed E-state index contributed by atoms with van der Waals surface area (Å²) >= 11 is 0. The summed E-state index contributed by atoms with van der Waals surface area (Å²) in [6, 6.07) is 6.52. The molecule has 1 amide bonds. The van der Waals surface area contributed by atoms with Gasteiger partial charge in [-0.05, 0) is 50.3 Å². The van der Waals surface area contributed by atoms with Crippen molar-refractivity contribution in [2.75, 3.05) is 26.3 Å². The molecule has 0 aliphatic carbocycles. The topological polar surface area (TPSA) is 55.6 Å². The zero-order chi connectivity index (χ0) is 19.6. The minimum Gasteiger partial charge on any atom is -0.445 e. The van der Waals surface area contributed by atoms with Crippen LogP contribution >= 0.6 is 0 Å². The number of benzene rings is 1. The number of aromatic nitrogens is 1. The second kappa shape index (κ2) is 8.03. The van der Waals surface area contributed by atoms with E-state index in [1.54, 1.807) is 12.3 Å². The normalized spacial score (nSPS) is 23.7. The van der Waals surface area contributed by atoms with E-state index in [0.717, 1.165) is 43.6 Å². The molecule has 2 aliphatic rings. The van der Waals surface area contributed by atoms with Gasteiger partial charge in [-0.3, -0.25) is 4.79 Å². The van der Waals surface area contributed by atoms with Crippen molar-refractivity contribution in [2.24, 2.45) is 5.92 Å². The Morgan fingerprint density at radius 3 is 2.96 bits per heavy atom. The Balaban J connectivity index is 1.45. The molecule has 4 rings (SSSR count). The monoisotopic (exact) mass is 386 g/mol. The number of hydrogen-bond donors (Lipinski definition) is 0. The fourth-order valence-corrected chi connectivity index (χ4v) is 4.32. The summed E-state index contributed by atoms with van der Waals surface area (Å²) in [6.45, 7) is 4.88. The molecule has 2 saturated heterocycles. The van der Waals surface area contributed by atoms with Gasteiger partial charge in [0.25, 0.3) is 0 Å². The largest absolute Gasteiger partial charge is 0.445 e. The Morgan fingerprint density at radius 2 is 2.18 bits per heavy atom. The molecule has 1 aromatic carbocycles. The number of carbonyl (C=O) groups excluding carboxylic acids is 1. The van der Waals surface area contributed by atoms with Gasteiger partial charge in [-0.2, -0.15) is 0 Å². The number of halogens is 1. The first-order valence-corrected chi connectivity index (χ1v) is 10.1. The van der Waals surface area contributed by atoms with Gasteiger partial charge >= 0.3 is 0 Å². The highest BCUT2D eigenvalue weighted by Crippen LogP contribution is 2.35. The van der Waals surface area contributed by atoms with E-state index in [-0.39, 0.29) is 23.1 Å². The first kappa shape index (κ1) is 19.1. The highest BCUT2D eigenvalue weighted by molar-refractivity contribution is 5.79. The van der Waals surface area contributed by atoms with Crippen molar-refractivity contribution in [3.8, 4) is 0 Å². The molecular weight excluding hydrogens is 359 g/mol. The Labute approximate surface area is 164 Å². The fraction of sp³-hybridized carbons (Fsp3) is 0.545. The quantitative estimate of drug-likeness (QED) is 0.804. The number of likely N-dealkylation sites (tertiary alicyclic amines) is 1. The van der Waals surface area contributed by atoms with Crippen LogP contribution in [0.5, 0.6) is 0 Å². The lowest BCUT2D eigenvalue weighted by atomic mass is 9.81. The third kappa shape index (κ3) is 4.12. The number of hydrogen-bond acceptors (Lipinski definition) is 4. The van der Waals surface area contributed by atoms with E-state index < -0.39 is 0 Å². The van der Waals surface area contributed by atoms with Crippen molar-refractivity contribution in [2.45, 2.75) is 44.4 Å². The lowest BCUT2D eigenvalue weighted by molar-refractivity contribution is -0.140. The second-order valence-corrected chi connectivity index (χ2v) is 8.25. The molecule has 0 bridgehead atoms. The summed E-state index contributed by atoms with van der Waals surface area (Å²) in [7, 11) is 0. The van der Waals surface area contributed by atoms with E-state index in [1.807, 2.05) is 11.0 Å². The molecule has 1 atom stereocenters. The zero-order valence-corrected chi connectivity index (χ0v) is 16.3. The average Bonchev–Trinajstić information content (AvgIpc) is 3.18. The molecule has 0 spiro atoms. The predicted octanol–water partition coefficient (Wildman–Crippen LogP) is 3.71.